The molecule has 2 aliphatic rings. The molecule has 1 aliphatic heterocycles. The predicted molar refractivity (Wildman–Crippen MR) is 278 cm³/mol. The van der Waals surface area contributed by atoms with Gasteiger partial charge in [-0.25, -0.2) is 15.0 Å². The third-order valence-electron chi connectivity index (χ3n) is 13.7. The third-order valence-corrected chi connectivity index (χ3v) is 13.7. The van der Waals surface area contributed by atoms with Gasteiger partial charge in [-0.3, -0.25) is 0 Å². The van der Waals surface area contributed by atoms with Crippen molar-refractivity contribution in [2.45, 2.75) is 5.41 Å². The molecule has 0 saturated heterocycles. The third kappa shape index (κ3) is 6.41. The number of nitrogens with zero attached hydrogens (tertiary/aromatic N) is 4. The van der Waals surface area contributed by atoms with E-state index in [0.29, 0.717) is 17.5 Å². The Hall–Kier alpha value is -8.99. The number of rotatable bonds is 7. The van der Waals surface area contributed by atoms with E-state index >= 15 is 0 Å². The zero-order valence-electron chi connectivity index (χ0n) is 37.0. The molecule has 1 aromatic heterocycles. The summed E-state index contributed by atoms with van der Waals surface area (Å²) in [4.78, 5) is 18.0. The van der Waals surface area contributed by atoms with Crippen LogP contribution in [0.3, 0.4) is 0 Å². The summed E-state index contributed by atoms with van der Waals surface area (Å²) in [7, 11) is 0. The highest BCUT2D eigenvalue weighted by atomic mass is 15.2. The van der Waals surface area contributed by atoms with Gasteiger partial charge >= 0.3 is 0 Å². The Morgan fingerprint density at radius 1 is 0.250 bits per heavy atom. The molecule has 0 unspecified atom stereocenters. The molecule has 1 aliphatic carbocycles. The minimum atomic E-state index is -0.551. The minimum Gasteiger partial charge on any atom is -0.310 e. The summed E-state index contributed by atoms with van der Waals surface area (Å²) in [5.74, 6) is 1.86. The van der Waals surface area contributed by atoms with E-state index in [1.54, 1.807) is 0 Å². The van der Waals surface area contributed by atoms with E-state index in [9.17, 15) is 0 Å². The topological polar surface area (TPSA) is 41.9 Å². The number of anilines is 3. The smallest absolute Gasteiger partial charge is 0.164 e. The van der Waals surface area contributed by atoms with Crippen molar-refractivity contribution in [1.29, 1.82) is 0 Å². The van der Waals surface area contributed by atoms with E-state index in [4.69, 9.17) is 15.0 Å². The van der Waals surface area contributed by atoms with E-state index in [0.717, 1.165) is 50.3 Å². The van der Waals surface area contributed by atoms with Gasteiger partial charge in [0.2, 0.25) is 0 Å². The molecule has 4 nitrogen and oxygen atoms in total. The minimum absolute atomic E-state index is 0.551. The highest BCUT2D eigenvalue weighted by Gasteiger charge is 2.51. The monoisotopic (exact) mass is 866 g/mol. The van der Waals surface area contributed by atoms with Crippen LogP contribution in [0, 0.1) is 0 Å². The fourth-order valence-corrected chi connectivity index (χ4v) is 10.7. The van der Waals surface area contributed by atoms with Crippen LogP contribution in [0.1, 0.15) is 22.3 Å². The standard InChI is InChI=1S/C64H42N4/c1-4-18-43(19-5-1)44-34-36-45(37-35-44)47-22-16-24-50(40-47)62-65-61(46-20-6-2-7-21-46)66-63(67-62)51-25-17-23-48(41-51)49-38-39-60-58(42-49)64(55-30-12-10-28-53(55)54-29-11-13-31-56(54)64)57-32-14-15-33-59(57)68(60)52-26-8-3-9-27-52/h1-42H. The molecule has 4 heteroatoms. The lowest BCUT2D eigenvalue weighted by Crippen LogP contribution is -2.36. The van der Waals surface area contributed by atoms with Gasteiger partial charge in [0.1, 0.15) is 0 Å². The van der Waals surface area contributed by atoms with Crippen LogP contribution in [0.15, 0.2) is 255 Å². The molecule has 0 atom stereocenters. The van der Waals surface area contributed by atoms with Gasteiger partial charge in [0.15, 0.2) is 17.5 Å². The van der Waals surface area contributed by atoms with Crippen molar-refractivity contribution in [3.8, 4) is 78.7 Å². The molecule has 0 amide bonds. The van der Waals surface area contributed by atoms with Crippen molar-refractivity contribution in [2.75, 3.05) is 4.90 Å². The summed E-state index contributed by atoms with van der Waals surface area (Å²) < 4.78 is 0. The molecule has 0 fully saturated rings. The van der Waals surface area contributed by atoms with Crippen molar-refractivity contribution in [3.05, 3.63) is 277 Å². The van der Waals surface area contributed by atoms with Crippen molar-refractivity contribution < 1.29 is 0 Å². The molecule has 13 rings (SSSR count). The van der Waals surface area contributed by atoms with E-state index < -0.39 is 5.41 Å². The maximum absolute atomic E-state index is 5.24. The Balaban J connectivity index is 0.954. The van der Waals surface area contributed by atoms with Crippen LogP contribution < -0.4 is 4.90 Å². The number of hydrogen-bond donors (Lipinski definition) is 0. The van der Waals surface area contributed by atoms with Crippen molar-refractivity contribution in [3.63, 3.8) is 0 Å². The summed E-state index contributed by atoms with van der Waals surface area (Å²) in [5.41, 5.74) is 20.1. The van der Waals surface area contributed by atoms with Crippen LogP contribution in [-0.2, 0) is 5.41 Å². The second kappa shape index (κ2) is 16.2. The Morgan fingerprint density at radius 2 is 0.632 bits per heavy atom. The number of benzene rings is 10. The highest BCUT2D eigenvalue weighted by molar-refractivity contribution is 5.96. The van der Waals surface area contributed by atoms with Gasteiger partial charge in [0.05, 0.1) is 16.8 Å². The van der Waals surface area contributed by atoms with Gasteiger partial charge in [-0.15, -0.1) is 0 Å². The number of aromatic nitrogens is 3. The normalized spacial score (nSPS) is 12.8. The summed E-state index contributed by atoms with van der Waals surface area (Å²) in [6.07, 6.45) is 0. The number of para-hydroxylation sites is 2. The van der Waals surface area contributed by atoms with E-state index in [1.165, 1.54) is 50.2 Å². The van der Waals surface area contributed by atoms with Crippen molar-refractivity contribution in [2.24, 2.45) is 0 Å². The first-order valence-electron chi connectivity index (χ1n) is 23.2. The van der Waals surface area contributed by atoms with Crippen molar-refractivity contribution >= 4 is 17.1 Å². The first-order chi connectivity index (χ1) is 33.7. The molecule has 318 valence electrons. The van der Waals surface area contributed by atoms with Gasteiger partial charge in [0, 0.05) is 22.4 Å². The second-order valence-electron chi connectivity index (χ2n) is 17.5. The van der Waals surface area contributed by atoms with Gasteiger partial charge < -0.3 is 4.90 Å². The van der Waals surface area contributed by atoms with Gasteiger partial charge in [-0.05, 0) is 109 Å². The largest absolute Gasteiger partial charge is 0.310 e. The fraction of sp³-hybridized carbons (Fsp3) is 0.0156. The molecule has 0 radical (unpaired) electrons. The molecule has 2 heterocycles. The lowest BCUT2D eigenvalue weighted by Gasteiger charge is -2.45. The zero-order valence-corrected chi connectivity index (χ0v) is 37.0. The maximum Gasteiger partial charge on any atom is 0.164 e. The molecule has 0 bridgehead atoms. The Labute approximate surface area is 396 Å². The Bertz CT molecular complexity index is 3630. The SMILES string of the molecule is c1ccc(-c2ccc(-c3cccc(-c4nc(-c5ccccc5)nc(-c5cccc(-c6ccc7c(c6)C6(c8ccccc8-c8ccccc86)c6ccccc6N7c6ccccc6)c5)n4)c3)cc2)cc1. The molecule has 10 aromatic carbocycles. The van der Waals surface area contributed by atoms with E-state index in [-0.39, 0.29) is 0 Å². The lowest BCUT2D eigenvalue weighted by atomic mass is 9.64. The first kappa shape index (κ1) is 39.4. The average molecular weight is 867 g/mol. The number of hydrogen-bond acceptors (Lipinski definition) is 4. The van der Waals surface area contributed by atoms with Crippen molar-refractivity contribution in [1.82, 2.24) is 15.0 Å². The van der Waals surface area contributed by atoms with E-state index in [2.05, 4.69) is 235 Å². The van der Waals surface area contributed by atoms with Crippen LogP contribution in [-0.4, -0.2) is 15.0 Å². The van der Waals surface area contributed by atoms with Gasteiger partial charge in [-0.2, -0.15) is 0 Å². The van der Waals surface area contributed by atoms with Crippen LogP contribution in [0.25, 0.3) is 78.7 Å². The molecule has 1 spiro atoms. The quantitative estimate of drug-likeness (QED) is 0.160. The van der Waals surface area contributed by atoms with Crippen LogP contribution in [0.5, 0.6) is 0 Å². The molecular formula is C64H42N4. The summed E-state index contributed by atoms with van der Waals surface area (Å²) >= 11 is 0. The number of fused-ring (bicyclic) bond motifs is 9. The maximum atomic E-state index is 5.24. The first-order valence-corrected chi connectivity index (χ1v) is 23.2. The van der Waals surface area contributed by atoms with Crippen LogP contribution in [0.4, 0.5) is 17.1 Å². The molecule has 0 N–H and O–H groups in total. The lowest BCUT2D eigenvalue weighted by molar-refractivity contribution is 0.753. The van der Waals surface area contributed by atoms with Gasteiger partial charge in [-0.1, -0.05) is 212 Å². The van der Waals surface area contributed by atoms with Crippen LogP contribution >= 0.6 is 0 Å². The Morgan fingerprint density at radius 3 is 1.24 bits per heavy atom. The van der Waals surface area contributed by atoms with Gasteiger partial charge in [0.25, 0.3) is 0 Å². The predicted octanol–water partition coefficient (Wildman–Crippen LogP) is 16.0. The van der Waals surface area contributed by atoms with E-state index in [1.807, 2.05) is 24.3 Å². The second-order valence-corrected chi connectivity index (χ2v) is 17.5. The molecular weight excluding hydrogens is 825 g/mol. The molecule has 11 aromatic rings. The Kier molecular flexibility index (Phi) is 9.36. The fourth-order valence-electron chi connectivity index (χ4n) is 10.7. The highest BCUT2D eigenvalue weighted by Crippen LogP contribution is 2.63. The average Bonchev–Trinajstić information content (AvgIpc) is 3.72. The molecule has 0 saturated carbocycles. The molecule has 68 heavy (non-hydrogen) atoms. The van der Waals surface area contributed by atoms with Crippen LogP contribution in [0.2, 0.25) is 0 Å². The summed E-state index contributed by atoms with van der Waals surface area (Å²) in [6, 6.07) is 91.3. The summed E-state index contributed by atoms with van der Waals surface area (Å²) in [6.45, 7) is 0. The summed E-state index contributed by atoms with van der Waals surface area (Å²) in [5, 5.41) is 0. The zero-order chi connectivity index (χ0) is 45.0.